The van der Waals surface area contributed by atoms with Crippen molar-refractivity contribution in [1.82, 2.24) is 0 Å². The number of hydrogen-bond donors (Lipinski definition) is 1. The molecule has 4 aliphatic rings. The van der Waals surface area contributed by atoms with Crippen molar-refractivity contribution in [3.05, 3.63) is 0 Å². The minimum absolute atomic E-state index is 0.0401. The molecular formula is C23H36O3. The summed E-state index contributed by atoms with van der Waals surface area (Å²) < 4.78 is 0. The molecule has 0 saturated heterocycles. The molecule has 3 heteroatoms. The van der Waals surface area contributed by atoms with Crippen LogP contribution in [0.15, 0.2) is 0 Å². The Hall–Kier alpha value is -0.860. The summed E-state index contributed by atoms with van der Waals surface area (Å²) in [5, 5.41) is 9.16. The van der Waals surface area contributed by atoms with Crippen molar-refractivity contribution in [1.29, 1.82) is 0 Å². The molecule has 4 fully saturated rings. The largest absolute Gasteiger partial charge is 0.481 e. The minimum atomic E-state index is -0.814. The Labute approximate surface area is 158 Å². The summed E-state index contributed by atoms with van der Waals surface area (Å²) in [4.78, 5) is 23.9. The van der Waals surface area contributed by atoms with Crippen LogP contribution in [0.1, 0.15) is 85.0 Å². The molecule has 0 aromatic rings. The zero-order valence-corrected chi connectivity index (χ0v) is 16.8. The quantitative estimate of drug-likeness (QED) is 0.740. The third-order valence-electron chi connectivity index (χ3n) is 9.75. The molecule has 146 valence electrons. The van der Waals surface area contributed by atoms with E-state index in [9.17, 15) is 9.59 Å². The maximum atomic E-state index is 12.8. The van der Waals surface area contributed by atoms with Gasteiger partial charge in [0.1, 0.15) is 5.78 Å². The highest BCUT2D eigenvalue weighted by Gasteiger charge is 2.60. The number of Topliss-reactive ketones (excluding diaryl/α,β-unsaturated/α-hetero) is 1. The third-order valence-corrected chi connectivity index (χ3v) is 9.75. The Balaban J connectivity index is 1.57. The van der Waals surface area contributed by atoms with Gasteiger partial charge in [0, 0.05) is 12.3 Å². The van der Waals surface area contributed by atoms with Crippen LogP contribution >= 0.6 is 0 Å². The number of rotatable bonds is 3. The summed E-state index contributed by atoms with van der Waals surface area (Å²) in [5.41, 5.74) is 0.657. The lowest BCUT2D eigenvalue weighted by molar-refractivity contribution is -0.153. The zero-order valence-electron chi connectivity index (χ0n) is 16.8. The molecule has 8 atom stereocenters. The molecule has 26 heavy (non-hydrogen) atoms. The summed E-state index contributed by atoms with van der Waals surface area (Å²) in [5.74, 6) is 2.98. The van der Waals surface area contributed by atoms with Gasteiger partial charge >= 0.3 is 5.97 Å². The third kappa shape index (κ3) is 2.59. The van der Waals surface area contributed by atoms with Crippen LogP contribution < -0.4 is 0 Å². The highest BCUT2D eigenvalue weighted by atomic mass is 16.4. The van der Waals surface area contributed by atoms with Gasteiger partial charge in [-0.05, 0) is 85.4 Å². The van der Waals surface area contributed by atoms with Gasteiger partial charge in [0.2, 0.25) is 0 Å². The van der Waals surface area contributed by atoms with Crippen molar-refractivity contribution >= 4 is 11.8 Å². The average Bonchev–Trinajstić information content (AvgIpc) is 2.91. The van der Waals surface area contributed by atoms with Crippen LogP contribution in [0.25, 0.3) is 0 Å². The van der Waals surface area contributed by atoms with Crippen molar-refractivity contribution in [2.45, 2.75) is 85.0 Å². The van der Waals surface area contributed by atoms with Gasteiger partial charge < -0.3 is 5.11 Å². The smallest absolute Gasteiger partial charge is 0.304 e. The summed E-state index contributed by atoms with van der Waals surface area (Å²) >= 11 is 0. The number of ketones is 1. The first-order valence-electron chi connectivity index (χ1n) is 11.0. The number of carboxylic acid groups (broad SMARTS) is 1. The first kappa shape index (κ1) is 18.5. The second-order valence-electron chi connectivity index (χ2n) is 10.6. The van der Waals surface area contributed by atoms with Crippen molar-refractivity contribution < 1.29 is 14.7 Å². The molecule has 3 unspecified atom stereocenters. The number of hydrogen-bond acceptors (Lipinski definition) is 2. The number of carbonyl (C=O) groups excluding carboxylic acids is 1. The SMILES string of the molecule is CC[C@H]1CCC2C3CC[C@@H]4C[C@H](CC(=O)O)C(=O)C[C@]4(C)C3CC[C@@]21C. The van der Waals surface area contributed by atoms with E-state index in [4.69, 9.17) is 5.11 Å². The summed E-state index contributed by atoms with van der Waals surface area (Å²) in [6.07, 6.45) is 10.8. The first-order valence-corrected chi connectivity index (χ1v) is 11.0. The molecule has 4 rings (SSSR count). The number of fused-ring (bicyclic) bond motifs is 5. The van der Waals surface area contributed by atoms with Crippen LogP contribution in [0.2, 0.25) is 0 Å². The Morgan fingerprint density at radius 1 is 1.08 bits per heavy atom. The molecule has 0 aliphatic heterocycles. The highest BCUT2D eigenvalue weighted by Crippen LogP contribution is 2.67. The lowest BCUT2D eigenvalue weighted by Gasteiger charge is -2.60. The second kappa shape index (κ2) is 6.34. The molecular weight excluding hydrogens is 324 g/mol. The standard InChI is InChI=1S/C23H36O3/c1-4-15-6-8-18-17-7-5-16-11-14(12-21(25)26)20(24)13-23(16,3)19(17)9-10-22(15,18)2/h14-19H,4-13H2,1-3H3,(H,25,26)/t14-,15+,16-,17?,18?,19?,22-,23+/m1/s1. The molecule has 3 nitrogen and oxygen atoms in total. The van der Waals surface area contributed by atoms with E-state index >= 15 is 0 Å². The van der Waals surface area contributed by atoms with Gasteiger partial charge in [0.15, 0.2) is 0 Å². The van der Waals surface area contributed by atoms with E-state index < -0.39 is 5.97 Å². The molecule has 0 amide bonds. The van der Waals surface area contributed by atoms with Gasteiger partial charge in [-0.3, -0.25) is 9.59 Å². The first-order chi connectivity index (χ1) is 12.3. The number of carbonyl (C=O) groups is 2. The molecule has 0 bridgehead atoms. The Bertz CT molecular complexity index is 598. The van der Waals surface area contributed by atoms with Gasteiger partial charge in [-0.1, -0.05) is 27.2 Å². The van der Waals surface area contributed by atoms with Crippen molar-refractivity contribution in [3.63, 3.8) is 0 Å². The Morgan fingerprint density at radius 3 is 2.50 bits per heavy atom. The average molecular weight is 361 g/mol. The predicted octanol–water partition coefficient (Wildman–Crippen LogP) is 5.33. The maximum absolute atomic E-state index is 12.8. The lowest BCUT2D eigenvalue weighted by Crippen LogP contribution is -2.55. The highest BCUT2D eigenvalue weighted by molar-refractivity contribution is 5.86. The molecule has 1 N–H and O–H groups in total. The molecule has 0 aromatic heterocycles. The van der Waals surface area contributed by atoms with Crippen molar-refractivity contribution in [3.8, 4) is 0 Å². The van der Waals surface area contributed by atoms with Gasteiger partial charge in [0.25, 0.3) is 0 Å². The number of aliphatic carboxylic acids is 1. The van der Waals surface area contributed by atoms with Gasteiger partial charge in [0.05, 0.1) is 6.42 Å². The van der Waals surface area contributed by atoms with Gasteiger partial charge in [-0.2, -0.15) is 0 Å². The van der Waals surface area contributed by atoms with E-state index in [0.717, 1.165) is 24.2 Å². The molecule has 0 radical (unpaired) electrons. The minimum Gasteiger partial charge on any atom is -0.481 e. The van der Waals surface area contributed by atoms with Crippen LogP contribution in [-0.4, -0.2) is 16.9 Å². The van der Waals surface area contributed by atoms with Crippen LogP contribution in [0.5, 0.6) is 0 Å². The van der Waals surface area contributed by atoms with E-state index in [2.05, 4.69) is 20.8 Å². The topological polar surface area (TPSA) is 54.4 Å². The molecule has 0 aromatic carbocycles. The Kier molecular flexibility index (Phi) is 4.51. The fourth-order valence-electron chi connectivity index (χ4n) is 8.38. The zero-order chi connectivity index (χ0) is 18.7. The normalized spacial score (nSPS) is 50.7. The van der Waals surface area contributed by atoms with E-state index in [1.54, 1.807) is 0 Å². The van der Waals surface area contributed by atoms with Crippen LogP contribution in [0, 0.1) is 46.3 Å². The monoisotopic (exact) mass is 360 g/mol. The fraction of sp³-hybridized carbons (Fsp3) is 0.913. The van der Waals surface area contributed by atoms with Gasteiger partial charge in [-0.25, -0.2) is 0 Å². The summed E-state index contributed by atoms with van der Waals surface area (Å²) in [7, 11) is 0. The van der Waals surface area contributed by atoms with E-state index in [1.165, 1.54) is 44.9 Å². The van der Waals surface area contributed by atoms with E-state index in [-0.39, 0.29) is 23.5 Å². The fourth-order valence-corrected chi connectivity index (χ4v) is 8.38. The van der Waals surface area contributed by atoms with E-state index in [1.807, 2.05) is 0 Å². The number of carboxylic acids is 1. The maximum Gasteiger partial charge on any atom is 0.304 e. The van der Waals surface area contributed by atoms with E-state index in [0.29, 0.717) is 23.7 Å². The predicted molar refractivity (Wildman–Crippen MR) is 102 cm³/mol. The molecule has 4 saturated carbocycles. The molecule has 0 spiro atoms. The second-order valence-corrected chi connectivity index (χ2v) is 10.6. The van der Waals surface area contributed by atoms with Crippen molar-refractivity contribution in [2.75, 3.05) is 0 Å². The lowest BCUT2D eigenvalue weighted by atomic mass is 9.44. The molecule has 0 heterocycles. The van der Waals surface area contributed by atoms with Crippen LogP contribution in [0.3, 0.4) is 0 Å². The molecule has 4 aliphatic carbocycles. The van der Waals surface area contributed by atoms with Crippen molar-refractivity contribution in [2.24, 2.45) is 46.3 Å². The van der Waals surface area contributed by atoms with Crippen LogP contribution in [0.4, 0.5) is 0 Å². The van der Waals surface area contributed by atoms with Gasteiger partial charge in [-0.15, -0.1) is 0 Å². The summed E-state index contributed by atoms with van der Waals surface area (Å²) in [6, 6.07) is 0. The summed E-state index contributed by atoms with van der Waals surface area (Å²) in [6.45, 7) is 7.32. The Morgan fingerprint density at radius 2 is 1.81 bits per heavy atom. The van der Waals surface area contributed by atoms with Crippen LogP contribution in [-0.2, 0) is 9.59 Å².